The van der Waals surface area contributed by atoms with Crippen LogP contribution < -0.4 is 11.1 Å². The highest BCUT2D eigenvalue weighted by atomic mass is 35.5. The molecular formula is C26H20ClF3N4O2. The Hall–Kier alpha value is -4.03. The minimum atomic E-state index is -4.77. The first-order valence-corrected chi connectivity index (χ1v) is 11.1. The zero-order valence-corrected chi connectivity index (χ0v) is 20.0. The summed E-state index contributed by atoms with van der Waals surface area (Å²) in [6.07, 6.45) is -5.29. The van der Waals surface area contributed by atoms with Crippen molar-refractivity contribution < 1.29 is 22.8 Å². The molecule has 1 aliphatic rings. The van der Waals surface area contributed by atoms with Crippen LogP contribution in [-0.4, -0.2) is 17.8 Å². The fourth-order valence-corrected chi connectivity index (χ4v) is 4.21. The molecule has 0 bridgehead atoms. The predicted octanol–water partition coefficient (Wildman–Crippen LogP) is 6.25. The van der Waals surface area contributed by atoms with Crippen LogP contribution in [0.3, 0.4) is 0 Å². The number of nitrogens with two attached hydrogens (primary N) is 1. The molecule has 3 aromatic carbocycles. The molecule has 3 aromatic rings. The number of anilines is 2. The maximum Gasteiger partial charge on any atom is 0.435 e. The third kappa shape index (κ3) is 4.48. The molecule has 1 atom stereocenters. The first kappa shape index (κ1) is 25.1. The Bertz CT molecular complexity index is 1410. The first-order chi connectivity index (χ1) is 16.9. The van der Waals surface area contributed by atoms with Crippen molar-refractivity contribution in [1.29, 1.82) is 5.26 Å². The van der Waals surface area contributed by atoms with E-state index in [1.54, 1.807) is 38.1 Å². The lowest BCUT2D eigenvalue weighted by Crippen LogP contribution is -2.42. The molecule has 0 saturated carbocycles. The lowest BCUT2D eigenvalue weighted by molar-refractivity contribution is -0.275. The Morgan fingerprint density at radius 3 is 2.33 bits per heavy atom. The number of hydrogen-bond donors (Lipinski definition) is 2. The summed E-state index contributed by atoms with van der Waals surface area (Å²) in [6, 6.07) is 15.1. The van der Waals surface area contributed by atoms with Gasteiger partial charge in [-0.05, 0) is 73.0 Å². The molecule has 3 N–H and O–H groups in total. The van der Waals surface area contributed by atoms with Gasteiger partial charge in [-0.2, -0.15) is 18.4 Å². The molecular weight excluding hydrogens is 493 g/mol. The summed E-state index contributed by atoms with van der Waals surface area (Å²) in [4.78, 5) is 17.9. The van der Waals surface area contributed by atoms with Crippen LogP contribution in [0.1, 0.15) is 44.6 Å². The monoisotopic (exact) mass is 512 g/mol. The molecule has 1 unspecified atom stereocenters. The highest BCUT2D eigenvalue weighted by Crippen LogP contribution is 2.49. The number of halogens is 4. The summed E-state index contributed by atoms with van der Waals surface area (Å²) >= 11 is 5.89. The van der Waals surface area contributed by atoms with Crippen LogP contribution in [0.5, 0.6) is 0 Å². The number of hydrogen-bond acceptors (Lipinski definition) is 5. The number of nitriles is 1. The number of carbonyl (C=O) groups excluding carboxylic acids is 1. The van der Waals surface area contributed by atoms with E-state index in [4.69, 9.17) is 27.4 Å². The topological polar surface area (TPSA) is 100 Å². The van der Waals surface area contributed by atoms with Gasteiger partial charge in [-0.3, -0.25) is 4.79 Å². The SMILES string of the molecule is Cc1cc(C2(C(F)(F)F)CC(c3ccc(Cl)cc3)=NO2)cc(C)c1NC(=O)c1ccc(C#N)c(N)c1. The third-order valence-electron chi connectivity index (χ3n) is 6.04. The Labute approximate surface area is 210 Å². The van der Waals surface area contributed by atoms with Crippen molar-refractivity contribution in [3.8, 4) is 6.07 Å². The molecule has 0 radical (unpaired) electrons. The Morgan fingerprint density at radius 2 is 1.78 bits per heavy atom. The van der Waals surface area contributed by atoms with Crippen LogP contribution in [0.2, 0.25) is 5.02 Å². The molecule has 1 aliphatic heterocycles. The van der Waals surface area contributed by atoms with Gasteiger partial charge in [0.15, 0.2) is 0 Å². The van der Waals surface area contributed by atoms with E-state index in [0.29, 0.717) is 27.4 Å². The number of alkyl halides is 3. The van der Waals surface area contributed by atoms with Gasteiger partial charge in [0.1, 0.15) is 6.07 Å². The maximum atomic E-state index is 14.4. The number of amides is 1. The summed E-state index contributed by atoms with van der Waals surface area (Å²) in [5.41, 5.74) is 5.38. The average Bonchev–Trinajstić information content (AvgIpc) is 3.28. The molecule has 0 fully saturated rings. The molecule has 0 aliphatic carbocycles. The minimum absolute atomic E-state index is 0.127. The number of oxime groups is 1. The largest absolute Gasteiger partial charge is 0.435 e. The third-order valence-corrected chi connectivity index (χ3v) is 6.29. The summed E-state index contributed by atoms with van der Waals surface area (Å²) < 4.78 is 43.3. The Balaban J connectivity index is 1.65. The quantitative estimate of drug-likeness (QED) is 0.404. The fourth-order valence-electron chi connectivity index (χ4n) is 4.09. The minimum Gasteiger partial charge on any atom is -0.398 e. The van der Waals surface area contributed by atoms with Gasteiger partial charge in [0.05, 0.1) is 17.0 Å². The van der Waals surface area contributed by atoms with Crippen LogP contribution >= 0.6 is 11.6 Å². The van der Waals surface area contributed by atoms with Gasteiger partial charge in [0.25, 0.3) is 11.5 Å². The van der Waals surface area contributed by atoms with Crippen LogP contribution in [0, 0.1) is 25.2 Å². The van der Waals surface area contributed by atoms with Gasteiger partial charge in [0.2, 0.25) is 0 Å². The number of rotatable bonds is 4. The Morgan fingerprint density at radius 1 is 1.14 bits per heavy atom. The van der Waals surface area contributed by atoms with Crippen LogP contribution in [-0.2, 0) is 10.4 Å². The van der Waals surface area contributed by atoms with E-state index in [1.165, 1.54) is 30.3 Å². The van der Waals surface area contributed by atoms with Crippen LogP contribution in [0.15, 0.2) is 59.8 Å². The van der Waals surface area contributed by atoms with Crippen molar-refractivity contribution in [2.45, 2.75) is 32.0 Å². The molecule has 4 rings (SSSR count). The van der Waals surface area contributed by atoms with Gasteiger partial charge < -0.3 is 15.9 Å². The number of benzene rings is 3. The number of nitrogen functional groups attached to an aromatic ring is 1. The number of nitrogens with zero attached hydrogens (tertiary/aromatic N) is 2. The molecule has 6 nitrogen and oxygen atoms in total. The second kappa shape index (κ2) is 9.21. The van der Waals surface area contributed by atoms with Crippen LogP contribution in [0.4, 0.5) is 24.5 Å². The summed E-state index contributed by atoms with van der Waals surface area (Å²) in [6.45, 7) is 3.19. The molecule has 0 aromatic heterocycles. The van der Waals surface area contributed by atoms with Gasteiger partial charge in [-0.25, -0.2) is 0 Å². The molecule has 1 heterocycles. The van der Waals surface area contributed by atoms with E-state index in [1.807, 2.05) is 6.07 Å². The van der Waals surface area contributed by atoms with Crippen molar-refractivity contribution in [2.24, 2.45) is 5.16 Å². The number of carbonyl (C=O) groups is 1. The number of nitrogens with one attached hydrogen (secondary N) is 1. The second-order valence-corrected chi connectivity index (χ2v) is 8.93. The summed E-state index contributed by atoms with van der Waals surface area (Å²) in [5, 5.41) is 16.0. The molecule has 10 heteroatoms. The summed E-state index contributed by atoms with van der Waals surface area (Å²) in [5.74, 6) is -0.513. The lowest BCUT2D eigenvalue weighted by atomic mass is 9.84. The summed E-state index contributed by atoms with van der Waals surface area (Å²) in [7, 11) is 0. The molecule has 0 spiro atoms. The second-order valence-electron chi connectivity index (χ2n) is 8.49. The fraction of sp³-hybridized carbons (Fsp3) is 0.192. The molecule has 184 valence electrons. The van der Waals surface area contributed by atoms with Crippen molar-refractivity contribution in [2.75, 3.05) is 11.1 Å². The molecule has 0 saturated heterocycles. The lowest BCUT2D eigenvalue weighted by Gasteiger charge is -2.30. The highest BCUT2D eigenvalue weighted by molar-refractivity contribution is 6.30. The van der Waals surface area contributed by atoms with Crippen LogP contribution in [0.25, 0.3) is 0 Å². The van der Waals surface area contributed by atoms with E-state index in [0.717, 1.165) is 0 Å². The van der Waals surface area contributed by atoms with Gasteiger partial charge in [0, 0.05) is 28.3 Å². The van der Waals surface area contributed by atoms with E-state index in [2.05, 4.69) is 10.5 Å². The Kier molecular flexibility index (Phi) is 6.41. The first-order valence-electron chi connectivity index (χ1n) is 10.8. The number of aryl methyl sites for hydroxylation is 2. The smallest absolute Gasteiger partial charge is 0.398 e. The normalized spacial score (nSPS) is 17.2. The highest BCUT2D eigenvalue weighted by Gasteiger charge is 2.62. The van der Waals surface area contributed by atoms with E-state index < -0.39 is 24.1 Å². The molecule has 36 heavy (non-hydrogen) atoms. The van der Waals surface area contributed by atoms with Crippen molar-refractivity contribution in [3.05, 3.63) is 93.0 Å². The van der Waals surface area contributed by atoms with Crippen molar-refractivity contribution in [1.82, 2.24) is 0 Å². The predicted molar refractivity (Wildman–Crippen MR) is 131 cm³/mol. The van der Waals surface area contributed by atoms with Crippen molar-refractivity contribution >= 4 is 34.6 Å². The maximum absolute atomic E-state index is 14.4. The van der Waals surface area contributed by atoms with E-state index in [-0.39, 0.29) is 28.1 Å². The van der Waals surface area contributed by atoms with Gasteiger partial charge >= 0.3 is 6.18 Å². The van der Waals surface area contributed by atoms with Gasteiger partial charge in [-0.15, -0.1) is 0 Å². The van der Waals surface area contributed by atoms with Gasteiger partial charge in [-0.1, -0.05) is 28.9 Å². The zero-order valence-electron chi connectivity index (χ0n) is 19.2. The molecule has 1 amide bonds. The standard InChI is InChI=1S/C26H20ClF3N4O2/c1-14-9-19(10-15(2)23(14)33-24(35)17-3-4-18(13-31)21(32)11-17)25(26(28,29)30)12-22(34-36-25)16-5-7-20(27)8-6-16/h3-11H,12,32H2,1-2H3,(H,33,35). The van der Waals surface area contributed by atoms with E-state index in [9.17, 15) is 18.0 Å². The zero-order chi connectivity index (χ0) is 26.3. The van der Waals surface area contributed by atoms with E-state index >= 15 is 0 Å². The van der Waals surface area contributed by atoms with Crippen molar-refractivity contribution in [3.63, 3.8) is 0 Å². The average molecular weight is 513 g/mol.